The number of halogens is 1. The molecular formula is C25H34ClN3O. The van der Waals surface area contributed by atoms with Gasteiger partial charge in [0.05, 0.1) is 0 Å². The first kappa shape index (κ1) is 22.8. The van der Waals surface area contributed by atoms with E-state index in [-0.39, 0.29) is 24.2 Å². The van der Waals surface area contributed by atoms with Crippen molar-refractivity contribution in [1.29, 1.82) is 0 Å². The average molecular weight is 428 g/mol. The Balaban J connectivity index is 0.00000256. The molecule has 1 amide bonds. The van der Waals surface area contributed by atoms with Crippen molar-refractivity contribution in [1.82, 2.24) is 15.5 Å². The predicted octanol–water partition coefficient (Wildman–Crippen LogP) is 4.38. The molecule has 0 bridgehead atoms. The van der Waals surface area contributed by atoms with E-state index >= 15 is 0 Å². The van der Waals surface area contributed by atoms with E-state index in [1.54, 1.807) is 0 Å². The van der Waals surface area contributed by atoms with Crippen LogP contribution in [-0.2, 0) is 17.9 Å². The van der Waals surface area contributed by atoms with E-state index in [1.165, 1.54) is 48.2 Å². The van der Waals surface area contributed by atoms with Crippen molar-refractivity contribution in [3.8, 4) is 11.1 Å². The number of benzene rings is 2. The van der Waals surface area contributed by atoms with Gasteiger partial charge in [0.15, 0.2) is 0 Å². The van der Waals surface area contributed by atoms with Gasteiger partial charge in [0, 0.05) is 25.0 Å². The van der Waals surface area contributed by atoms with Gasteiger partial charge in [0.2, 0.25) is 5.91 Å². The van der Waals surface area contributed by atoms with Crippen LogP contribution in [0.4, 0.5) is 0 Å². The first-order valence-electron chi connectivity index (χ1n) is 11.1. The van der Waals surface area contributed by atoms with Gasteiger partial charge >= 0.3 is 0 Å². The number of hydrogen-bond donors (Lipinski definition) is 2. The first-order valence-corrected chi connectivity index (χ1v) is 11.1. The molecule has 4 nitrogen and oxygen atoms in total. The maximum absolute atomic E-state index is 12.6. The fourth-order valence-electron chi connectivity index (χ4n) is 4.64. The molecule has 2 aromatic carbocycles. The highest BCUT2D eigenvalue weighted by atomic mass is 35.5. The van der Waals surface area contributed by atoms with Crippen molar-refractivity contribution >= 4 is 18.3 Å². The van der Waals surface area contributed by atoms with Crippen LogP contribution in [0.5, 0.6) is 0 Å². The lowest BCUT2D eigenvalue weighted by atomic mass is 9.92. The lowest BCUT2D eigenvalue weighted by Gasteiger charge is -2.27. The van der Waals surface area contributed by atoms with Gasteiger partial charge in [0.25, 0.3) is 0 Å². The number of nitrogens with one attached hydrogen (secondary N) is 2. The second kappa shape index (κ2) is 10.9. The topological polar surface area (TPSA) is 44.4 Å². The summed E-state index contributed by atoms with van der Waals surface area (Å²) < 4.78 is 0. The quantitative estimate of drug-likeness (QED) is 0.719. The molecule has 0 unspecified atom stereocenters. The van der Waals surface area contributed by atoms with Gasteiger partial charge in [-0.15, -0.1) is 12.4 Å². The van der Waals surface area contributed by atoms with Crippen LogP contribution in [-0.4, -0.2) is 36.5 Å². The van der Waals surface area contributed by atoms with Crippen LogP contribution < -0.4 is 10.6 Å². The molecule has 0 spiro atoms. The standard InChI is InChI=1S/C25H33N3O.ClH/c1-19-16-22(12-13-26-19)25(29)27-17-23-6-2-3-7-24(23)21-10-8-20(9-11-21)18-28-14-4-5-15-28;/h2-3,6-11,19,22,26H,4-5,12-18H2,1H3,(H,27,29);1H/t19-,22-;/m0./s1. The second-order valence-electron chi connectivity index (χ2n) is 8.63. The summed E-state index contributed by atoms with van der Waals surface area (Å²) in [6.45, 7) is 7.16. The van der Waals surface area contributed by atoms with Gasteiger partial charge in [0.1, 0.15) is 0 Å². The molecule has 2 aliphatic heterocycles. The van der Waals surface area contributed by atoms with Crippen LogP contribution in [0, 0.1) is 5.92 Å². The Bertz CT molecular complexity index is 817. The maximum Gasteiger partial charge on any atom is 0.223 e. The molecule has 2 saturated heterocycles. The minimum Gasteiger partial charge on any atom is -0.352 e. The molecule has 162 valence electrons. The van der Waals surface area contributed by atoms with Crippen molar-refractivity contribution in [2.45, 2.75) is 51.7 Å². The number of rotatable bonds is 6. The lowest BCUT2D eigenvalue weighted by Crippen LogP contribution is -2.42. The molecule has 2 fully saturated rings. The van der Waals surface area contributed by atoms with Crippen molar-refractivity contribution in [2.75, 3.05) is 19.6 Å². The minimum absolute atomic E-state index is 0. The Kier molecular flexibility index (Phi) is 8.32. The number of nitrogens with zero attached hydrogens (tertiary/aromatic N) is 1. The summed E-state index contributed by atoms with van der Waals surface area (Å²) in [5.41, 5.74) is 4.98. The Morgan fingerprint density at radius 1 is 1.10 bits per heavy atom. The molecule has 30 heavy (non-hydrogen) atoms. The molecule has 0 radical (unpaired) electrons. The zero-order valence-electron chi connectivity index (χ0n) is 17.9. The molecule has 5 heteroatoms. The van der Waals surface area contributed by atoms with Crippen LogP contribution >= 0.6 is 12.4 Å². The molecule has 0 saturated carbocycles. The van der Waals surface area contributed by atoms with E-state index in [2.05, 4.69) is 71.0 Å². The third-order valence-electron chi connectivity index (χ3n) is 6.33. The monoisotopic (exact) mass is 427 g/mol. The lowest BCUT2D eigenvalue weighted by molar-refractivity contribution is -0.126. The van der Waals surface area contributed by atoms with Crippen molar-refractivity contribution < 1.29 is 4.79 Å². The average Bonchev–Trinajstić information content (AvgIpc) is 3.26. The van der Waals surface area contributed by atoms with Crippen LogP contribution in [0.2, 0.25) is 0 Å². The van der Waals surface area contributed by atoms with Crippen LogP contribution in [0.15, 0.2) is 48.5 Å². The summed E-state index contributed by atoms with van der Waals surface area (Å²) >= 11 is 0. The molecule has 2 heterocycles. The van der Waals surface area contributed by atoms with Crippen molar-refractivity contribution in [3.63, 3.8) is 0 Å². The Labute approximate surface area is 186 Å². The molecule has 2 aliphatic rings. The number of carbonyl (C=O) groups is 1. The second-order valence-corrected chi connectivity index (χ2v) is 8.63. The number of piperidine rings is 1. The van der Waals surface area contributed by atoms with E-state index in [4.69, 9.17) is 0 Å². The van der Waals surface area contributed by atoms with Crippen molar-refractivity contribution in [3.05, 3.63) is 59.7 Å². The predicted molar refractivity (Wildman–Crippen MR) is 126 cm³/mol. The molecule has 4 rings (SSSR count). The number of hydrogen-bond acceptors (Lipinski definition) is 3. The summed E-state index contributed by atoms with van der Waals surface area (Å²) in [4.78, 5) is 15.2. The van der Waals surface area contributed by atoms with Crippen molar-refractivity contribution in [2.24, 2.45) is 5.92 Å². The van der Waals surface area contributed by atoms with Crippen LogP contribution in [0.3, 0.4) is 0 Å². The van der Waals surface area contributed by atoms with Gasteiger partial charge in [-0.05, 0) is 74.5 Å². The van der Waals surface area contributed by atoms with E-state index < -0.39 is 0 Å². The fourth-order valence-corrected chi connectivity index (χ4v) is 4.64. The maximum atomic E-state index is 12.6. The van der Waals surface area contributed by atoms with Gasteiger partial charge in [-0.1, -0.05) is 48.5 Å². The Hall–Kier alpha value is -1.88. The largest absolute Gasteiger partial charge is 0.352 e. The number of likely N-dealkylation sites (tertiary alicyclic amines) is 1. The molecule has 0 aliphatic carbocycles. The molecule has 0 aromatic heterocycles. The highest BCUT2D eigenvalue weighted by molar-refractivity contribution is 5.85. The summed E-state index contributed by atoms with van der Waals surface area (Å²) in [7, 11) is 0. The molecular weight excluding hydrogens is 394 g/mol. The van der Waals surface area contributed by atoms with Gasteiger partial charge in [-0.2, -0.15) is 0 Å². The molecule has 2 N–H and O–H groups in total. The van der Waals surface area contributed by atoms with Gasteiger partial charge < -0.3 is 10.6 Å². The highest BCUT2D eigenvalue weighted by Gasteiger charge is 2.24. The number of carbonyl (C=O) groups excluding carboxylic acids is 1. The van der Waals surface area contributed by atoms with Gasteiger partial charge in [-0.3, -0.25) is 9.69 Å². The zero-order valence-corrected chi connectivity index (χ0v) is 18.7. The van der Waals surface area contributed by atoms with Gasteiger partial charge in [-0.25, -0.2) is 0 Å². The summed E-state index contributed by atoms with van der Waals surface area (Å²) in [6.07, 6.45) is 4.50. The summed E-state index contributed by atoms with van der Waals surface area (Å²) in [6, 6.07) is 17.8. The van der Waals surface area contributed by atoms with E-state index in [9.17, 15) is 4.79 Å². The van der Waals surface area contributed by atoms with E-state index in [0.29, 0.717) is 12.6 Å². The smallest absolute Gasteiger partial charge is 0.223 e. The SMILES string of the molecule is C[C@H]1C[C@@H](C(=O)NCc2ccccc2-c2ccc(CN3CCCC3)cc2)CCN1.Cl. The summed E-state index contributed by atoms with van der Waals surface area (Å²) in [5, 5.41) is 6.60. The summed E-state index contributed by atoms with van der Waals surface area (Å²) in [5.74, 6) is 0.317. The van der Waals surface area contributed by atoms with Crippen LogP contribution in [0.25, 0.3) is 11.1 Å². The zero-order chi connectivity index (χ0) is 20.1. The third kappa shape index (κ3) is 5.84. The molecule has 2 atom stereocenters. The minimum atomic E-state index is 0. The normalized spacial score (nSPS) is 21.8. The first-order chi connectivity index (χ1) is 14.2. The van der Waals surface area contributed by atoms with E-state index in [0.717, 1.165) is 25.9 Å². The van der Waals surface area contributed by atoms with Crippen LogP contribution in [0.1, 0.15) is 43.7 Å². The number of amides is 1. The Morgan fingerprint density at radius 3 is 2.57 bits per heavy atom. The van der Waals surface area contributed by atoms with E-state index in [1.807, 2.05) is 0 Å². The Morgan fingerprint density at radius 2 is 1.83 bits per heavy atom. The fraction of sp³-hybridized carbons (Fsp3) is 0.480. The third-order valence-corrected chi connectivity index (χ3v) is 6.33. The highest BCUT2D eigenvalue weighted by Crippen LogP contribution is 2.25. The molecule has 2 aromatic rings.